The van der Waals surface area contributed by atoms with Crippen LogP contribution in [0.25, 0.3) is 21.8 Å². The Balaban J connectivity index is 1.74. The van der Waals surface area contributed by atoms with Crippen LogP contribution in [0.1, 0.15) is 10.4 Å². The van der Waals surface area contributed by atoms with Crippen LogP contribution in [0.3, 0.4) is 0 Å². The molecule has 2 heterocycles. The molecule has 0 saturated heterocycles. The van der Waals surface area contributed by atoms with E-state index in [1.807, 2.05) is 18.3 Å². The van der Waals surface area contributed by atoms with Crippen LogP contribution in [0.2, 0.25) is 0 Å². The van der Waals surface area contributed by atoms with Crippen molar-refractivity contribution in [3.05, 3.63) is 70.6 Å². The molecule has 24 heavy (non-hydrogen) atoms. The predicted molar refractivity (Wildman–Crippen MR) is 92.5 cm³/mol. The van der Waals surface area contributed by atoms with Crippen molar-refractivity contribution in [3.8, 4) is 5.75 Å². The fraction of sp³-hybridized carbons (Fsp3) is 0. The highest BCUT2D eigenvalue weighted by molar-refractivity contribution is 6.06. The zero-order valence-electron chi connectivity index (χ0n) is 12.5. The summed E-state index contributed by atoms with van der Waals surface area (Å²) < 4.78 is 0. The molecule has 0 aliphatic heterocycles. The highest BCUT2D eigenvalue weighted by atomic mass is 16.3. The predicted octanol–water partition coefficient (Wildman–Crippen LogP) is 2.97. The SMILES string of the molecule is O=C(Nc1ccc2cc[nH]c2c1)c1c[nH]c2cccc(O)c2c1=O. The Kier molecular flexibility index (Phi) is 3.09. The Morgan fingerprint density at radius 3 is 2.79 bits per heavy atom. The van der Waals surface area contributed by atoms with Crippen molar-refractivity contribution in [2.75, 3.05) is 5.32 Å². The molecule has 2 aromatic carbocycles. The average molecular weight is 319 g/mol. The van der Waals surface area contributed by atoms with Gasteiger partial charge in [0, 0.05) is 23.6 Å². The van der Waals surface area contributed by atoms with Gasteiger partial charge in [0.25, 0.3) is 5.91 Å². The van der Waals surface area contributed by atoms with Crippen molar-refractivity contribution in [1.82, 2.24) is 9.97 Å². The molecule has 6 nitrogen and oxygen atoms in total. The topological polar surface area (TPSA) is 98.0 Å². The zero-order chi connectivity index (χ0) is 16.7. The number of phenolic OH excluding ortho intramolecular Hbond substituents is 1. The van der Waals surface area contributed by atoms with E-state index in [1.54, 1.807) is 24.3 Å². The lowest BCUT2D eigenvalue weighted by Gasteiger charge is -2.07. The molecule has 0 atom stereocenters. The molecule has 1 amide bonds. The lowest BCUT2D eigenvalue weighted by molar-refractivity contribution is 0.102. The van der Waals surface area contributed by atoms with Crippen LogP contribution in [0.5, 0.6) is 5.75 Å². The minimum atomic E-state index is -0.535. The van der Waals surface area contributed by atoms with Crippen LogP contribution in [-0.2, 0) is 0 Å². The number of hydrogen-bond acceptors (Lipinski definition) is 3. The third-order valence-corrected chi connectivity index (χ3v) is 3.94. The molecule has 4 N–H and O–H groups in total. The largest absolute Gasteiger partial charge is 0.507 e. The Morgan fingerprint density at radius 2 is 1.92 bits per heavy atom. The lowest BCUT2D eigenvalue weighted by Crippen LogP contribution is -2.22. The zero-order valence-corrected chi connectivity index (χ0v) is 12.5. The van der Waals surface area contributed by atoms with Gasteiger partial charge in [0.1, 0.15) is 11.3 Å². The van der Waals surface area contributed by atoms with Crippen LogP contribution >= 0.6 is 0 Å². The van der Waals surface area contributed by atoms with E-state index in [-0.39, 0.29) is 16.7 Å². The van der Waals surface area contributed by atoms with Crippen LogP contribution in [0.15, 0.2) is 59.7 Å². The Bertz CT molecular complexity index is 1140. The molecule has 6 heteroatoms. The summed E-state index contributed by atoms with van der Waals surface area (Å²) in [4.78, 5) is 30.9. The summed E-state index contributed by atoms with van der Waals surface area (Å²) in [5.41, 5.74) is 1.37. The van der Waals surface area contributed by atoms with Crippen molar-refractivity contribution >= 4 is 33.4 Å². The first kappa shape index (κ1) is 14.1. The van der Waals surface area contributed by atoms with Gasteiger partial charge in [-0.25, -0.2) is 0 Å². The van der Waals surface area contributed by atoms with Gasteiger partial charge in [0.2, 0.25) is 5.43 Å². The number of carbonyl (C=O) groups is 1. The molecule has 0 fully saturated rings. The number of hydrogen-bond donors (Lipinski definition) is 4. The maximum atomic E-state index is 12.5. The molecule has 118 valence electrons. The number of H-pyrrole nitrogens is 2. The number of pyridine rings is 1. The molecule has 4 rings (SSSR count). The third kappa shape index (κ3) is 2.21. The van der Waals surface area contributed by atoms with Gasteiger partial charge >= 0.3 is 0 Å². The number of aromatic hydroxyl groups is 1. The Morgan fingerprint density at radius 1 is 1.04 bits per heavy atom. The molecule has 4 aromatic rings. The van der Waals surface area contributed by atoms with Gasteiger partial charge < -0.3 is 20.4 Å². The minimum Gasteiger partial charge on any atom is -0.507 e. The van der Waals surface area contributed by atoms with E-state index >= 15 is 0 Å². The molecule has 0 spiro atoms. The monoisotopic (exact) mass is 319 g/mol. The van der Waals surface area contributed by atoms with Crippen LogP contribution < -0.4 is 10.7 Å². The van der Waals surface area contributed by atoms with Crippen molar-refractivity contribution in [1.29, 1.82) is 0 Å². The molecular formula is C18H13N3O3. The van der Waals surface area contributed by atoms with Gasteiger partial charge in [-0.3, -0.25) is 9.59 Å². The number of phenols is 1. The second-order valence-electron chi connectivity index (χ2n) is 5.46. The molecule has 0 unspecified atom stereocenters. The Labute approximate surface area is 135 Å². The van der Waals surface area contributed by atoms with Crippen LogP contribution in [0.4, 0.5) is 5.69 Å². The molecule has 0 bridgehead atoms. The van der Waals surface area contributed by atoms with E-state index in [1.165, 1.54) is 12.3 Å². The number of nitrogens with one attached hydrogen (secondary N) is 3. The summed E-state index contributed by atoms with van der Waals surface area (Å²) in [5.74, 6) is -0.691. The maximum absolute atomic E-state index is 12.5. The summed E-state index contributed by atoms with van der Waals surface area (Å²) in [7, 11) is 0. The van der Waals surface area contributed by atoms with E-state index in [4.69, 9.17) is 0 Å². The number of rotatable bonds is 2. The molecule has 0 aliphatic rings. The number of aromatic amines is 2. The second kappa shape index (κ2) is 5.27. The van der Waals surface area contributed by atoms with Gasteiger partial charge in [0.05, 0.1) is 10.9 Å². The van der Waals surface area contributed by atoms with Crippen molar-refractivity contribution < 1.29 is 9.90 Å². The van der Waals surface area contributed by atoms with Crippen LogP contribution in [-0.4, -0.2) is 21.0 Å². The molecule has 0 radical (unpaired) electrons. The summed E-state index contributed by atoms with van der Waals surface area (Å²) in [5, 5.41) is 13.7. The fourth-order valence-electron chi connectivity index (χ4n) is 2.74. The van der Waals surface area contributed by atoms with E-state index in [0.717, 1.165) is 10.9 Å². The smallest absolute Gasteiger partial charge is 0.261 e. The highest BCUT2D eigenvalue weighted by Crippen LogP contribution is 2.21. The van der Waals surface area contributed by atoms with Gasteiger partial charge in [-0.05, 0) is 35.7 Å². The van der Waals surface area contributed by atoms with E-state index in [2.05, 4.69) is 15.3 Å². The maximum Gasteiger partial charge on any atom is 0.261 e. The number of anilines is 1. The normalized spacial score (nSPS) is 11.0. The lowest BCUT2D eigenvalue weighted by atomic mass is 10.1. The Hall–Kier alpha value is -3.54. The van der Waals surface area contributed by atoms with Gasteiger partial charge in [-0.15, -0.1) is 0 Å². The summed E-state index contributed by atoms with van der Waals surface area (Å²) in [6, 6.07) is 12.1. The van der Waals surface area contributed by atoms with E-state index in [9.17, 15) is 14.7 Å². The molecular weight excluding hydrogens is 306 g/mol. The summed E-state index contributed by atoms with van der Waals surface area (Å²) in [6.45, 7) is 0. The first-order chi connectivity index (χ1) is 11.6. The number of fused-ring (bicyclic) bond motifs is 2. The summed E-state index contributed by atoms with van der Waals surface area (Å²) in [6.07, 6.45) is 3.17. The molecule has 0 aliphatic carbocycles. The first-order valence-corrected chi connectivity index (χ1v) is 7.35. The standard InChI is InChI=1S/C18H13N3O3/c22-15-3-1-2-13-16(15)17(23)12(9-20-13)18(24)21-11-5-4-10-6-7-19-14(10)8-11/h1-9,19,22H,(H,20,23)(H,21,24). The quantitative estimate of drug-likeness (QED) is 0.457. The average Bonchev–Trinajstić information content (AvgIpc) is 3.02. The fourth-order valence-corrected chi connectivity index (χ4v) is 2.74. The summed E-state index contributed by atoms with van der Waals surface area (Å²) >= 11 is 0. The first-order valence-electron chi connectivity index (χ1n) is 7.35. The highest BCUT2D eigenvalue weighted by Gasteiger charge is 2.15. The number of benzene rings is 2. The second-order valence-corrected chi connectivity index (χ2v) is 5.46. The molecule has 2 aromatic heterocycles. The molecule has 0 saturated carbocycles. The number of amides is 1. The van der Waals surface area contributed by atoms with Gasteiger partial charge in [-0.2, -0.15) is 0 Å². The van der Waals surface area contributed by atoms with E-state index in [0.29, 0.717) is 11.2 Å². The number of aromatic nitrogens is 2. The third-order valence-electron chi connectivity index (χ3n) is 3.94. The van der Waals surface area contributed by atoms with Crippen molar-refractivity contribution in [3.63, 3.8) is 0 Å². The number of carbonyl (C=O) groups excluding carboxylic acids is 1. The minimum absolute atomic E-state index is 0.0596. The van der Waals surface area contributed by atoms with Gasteiger partial charge in [0.15, 0.2) is 0 Å². The van der Waals surface area contributed by atoms with E-state index < -0.39 is 11.3 Å². The van der Waals surface area contributed by atoms with Crippen LogP contribution in [0, 0.1) is 0 Å². The van der Waals surface area contributed by atoms with Gasteiger partial charge in [-0.1, -0.05) is 12.1 Å². The van der Waals surface area contributed by atoms with Crippen molar-refractivity contribution in [2.24, 2.45) is 0 Å². The van der Waals surface area contributed by atoms with Crippen molar-refractivity contribution in [2.45, 2.75) is 0 Å².